The van der Waals surface area contributed by atoms with E-state index in [2.05, 4.69) is 40.8 Å². The second-order valence-electron chi connectivity index (χ2n) is 9.99. The molecule has 0 N–H and O–H groups in total. The van der Waals surface area contributed by atoms with Gasteiger partial charge in [0, 0.05) is 0 Å². The van der Waals surface area contributed by atoms with Crippen LogP contribution in [0.15, 0.2) is 11.0 Å². The van der Waals surface area contributed by atoms with Gasteiger partial charge in [0.05, 0.1) is 18.6 Å². The molecule has 3 heterocycles. The molecule has 0 unspecified atom stereocenters. The van der Waals surface area contributed by atoms with Gasteiger partial charge in [0.2, 0.25) is 6.23 Å². The standard InChI is InChI=1S/C21H37N2O4Si/c1-13(2)21(6,7)28(8,9)25-12-17-16-10-18(26-17)22-11-15(5)19(24)23(14(3)4)20(22)27-16/h11,13-14,16-18H,10,12H2,1-9H3/q+1/t16-,17+,18+/m0/s1. The topological polar surface area (TPSA) is 53.6 Å². The van der Waals surface area contributed by atoms with Crippen LogP contribution >= 0.6 is 0 Å². The molecule has 2 aliphatic rings. The van der Waals surface area contributed by atoms with Crippen LogP contribution in [0.2, 0.25) is 18.1 Å². The minimum absolute atomic E-state index is 0.00238. The second-order valence-corrected chi connectivity index (χ2v) is 14.6. The zero-order chi connectivity index (χ0) is 21.0. The molecular formula is C21H37N2O4Si+. The lowest BCUT2D eigenvalue weighted by atomic mass is 9.99. The first-order valence-corrected chi connectivity index (χ1v) is 13.4. The zero-order valence-corrected chi connectivity index (χ0v) is 19.9. The zero-order valence-electron chi connectivity index (χ0n) is 18.9. The Hall–Kier alpha value is -1.18. The van der Waals surface area contributed by atoms with Crippen molar-refractivity contribution >= 4 is 8.32 Å². The molecule has 3 atom stereocenters. The van der Waals surface area contributed by atoms with Gasteiger partial charge in [-0.15, -0.1) is 0 Å². The van der Waals surface area contributed by atoms with Crippen molar-refractivity contribution in [2.45, 2.75) is 97.5 Å². The first kappa shape index (κ1) is 21.5. The fraction of sp³-hybridized carbons (Fsp3) is 0.810. The summed E-state index contributed by atoms with van der Waals surface area (Å²) in [4.78, 5) is 12.6. The Morgan fingerprint density at radius 1 is 1.32 bits per heavy atom. The fourth-order valence-electron chi connectivity index (χ4n) is 3.95. The lowest BCUT2D eigenvalue weighted by Crippen LogP contribution is -2.51. The number of aromatic nitrogens is 2. The first-order valence-electron chi connectivity index (χ1n) is 10.5. The van der Waals surface area contributed by atoms with Crippen molar-refractivity contribution in [2.24, 2.45) is 5.92 Å². The Morgan fingerprint density at radius 2 is 1.96 bits per heavy atom. The maximum atomic E-state index is 12.6. The molecule has 158 valence electrons. The third-order valence-corrected chi connectivity index (χ3v) is 11.8. The normalized spacial score (nSPS) is 24.6. The molecule has 0 aliphatic carbocycles. The molecule has 28 heavy (non-hydrogen) atoms. The van der Waals surface area contributed by atoms with Gasteiger partial charge in [-0.3, -0.25) is 0 Å². The summed E-state index contributed by atoms with van der Waals surface area (Å²) in [5.74, 6) is 0.553. The van der Waals surface area contributed by atoms with E-state index in [9.17, 15) is 4.79 Å². The van der Waals surface area contributed by atoms with Crippen LogP contribution in [0, 0.1) is 12.8 Å². The number of fused-ring (bicyclic) bond motifs is 4. The summed E-state index contributed by atoms with van der Waals surface area (Å²) in [5, 5.41) is 0.161. The monoisotopic (exact) mass is 409 g/mol. The molecule has 0 amide bonds. The number of hydrogen-bond donors (Lipinski definition) is 0. The number of rotatable bonds is 6. The van der Waals surface area contributed by atoms with Gasteiger partial charge in [-0.1, -0.05) is 27.7 Å². The fourth-order valence-corrected chi connectivity index (χ4v) is 6.30. The Bertz CT molecular complexity index is 800. The molecule has 1 aromatic rings. The molecule has 0 spiro atoms. The van der Waals surface area contributed by atoms with Gasteiger partial charge in [0.25, 0.3) is 0 Å². The summed E-state index contributed by atoms with van der Waals surface area (Å²) < 4.78 is 22.9. The van der Waals surface area contributed by atoms with Crippen molar-refractivity contribution in [3.8, 4) is 6.01 Å². The smallest absolute Gasteiger partial charge is 0.424 e. The lowest BCUT2D eigenvalue weighted by Gasteiger charge is -2.43. The molecule has 1 aromatic heterocycles. The Morgan fingerprint density at radius 3 is 2.54 bits per heavy atom. The molecule has 2 aliphatic heterocycles. The van der Waals surface area contributed by atoms with Crippen molar-refractivity contribution in [1.82, 2.24) is 4.57 Å². The summed E-state index contributed by atoms with van der Waals surface area (Å²) in [5.41, 5.74) is 0.706. The average Bonchev–Trinajstić information content (AvgIpc) is 2.92. The maximum Gasteiger partial charge on any atom is 0.461 e. The van der Waals surface area contributed by atoms with Gasteiger partial charge in [0.1, 0.15) is 24.4 Å². The number of hydrogen-bond acceptors (Lipinski definition) is 4. The summed E-state index contributed by atoms with van der Waals surface area (Å²) >= 11 is 0. The molecule has 1 fully saturated rings. The third-order valence-electron chi connectivity index (χ3n) is 7.18. The largest absolute Gasteiger partial charge is 0.461 e. The highest BCUT2D eigenvalue weighted by Gasteiger charge is 2.50. The highest BCUT2D eigenvalue weighted by atomic mass is 28.4. The van der Waals surface area contributed by atoms with Crippen LogP contribution in [0.5, 0.6) is 6.01 Å². The number of aryl methyl sites for hydroxylation is 1. The van der Waals surface area contributed by atoms with Crippen molar-refractivity contribution in [3.05, 3.63) is 22.1 Å². The van der Waals surface area contributed by atoms with Crippen LogP contribution < -0.4 is 14.9 Å². The van der Waals surface area contributed by atoms with Crippen molar-refractivity contribution in [2.75, 3.05) is 6.61 Å². The minimum atomic E-state index is -1.93. The van der Waals surface area contributed by atoms with Crippen LogP contribution in [0.25, 0.3) is 0 Å². The van der Waals surface area contributed by atoms with Gasteiger partial charge >= 0.3 is 11.6 Å². The molecule has 1 saturated heterocycles. The van der Waals surface area contributed by atoms with Gasteiger partial charge in [-0.25, -0.2) is 4.79 Å². The van der Waals surface area contributed by atoms with Crippen molar-refractivity contribution in [3.63, 3.8) is 0 Å². The molecule has 0 saturated carbocycles. The van der Waals surface area contributed by atoms with E-state index in [-0.39, 0.29) is 35.1 Å². The summed E-state index contributed by atoms with van der Waals surface area (Å²) in [6.45, 7) is 20.1. The van der Waals surface area contributed by atoms with Crippen molar-refractivity contribution in [1.29, 1.82) is 0 Å². The Balaban J connectivity index is 1.81. The van der Waals surface area contributed by atoms with E-state index in [1.54, 1.807) is 4.57 Å². The average molecular weight is 410 g/mol. The van der Waals surface area contributed by atoms with E-state index in [1.807, 2.05) is 31.5 Å². The lowest BCUT2D eigenvalue weighted by molar-refractivity contribution is -0.770. The molecule has 3 rings (SSSR count). The van der Waals surface area contributed by atoms with E-state index >= 15 is 0 Å². The van der Waals surface area contributed by atoms with Crippen LogP contribution in [0.4, 0.5) is 0 Å². The molecule has 0 aromatic carbocycles. The molecule has 2 bridgehead atoms. The predicted molar refractivity (Wildman–Crippen MR) is 111 cm³/mol. The SMILES string of the molecule is Cc1c[n+]2c(n(C(C)C)c1=O)O[C@H]1C[C@H]2O[C@@H]1CO[Si](C)(C)C(C)(C)C(C)C. The van der Waals surface area contributed by atoms with Gasteiger partial charge < -0.3 is 13.9 Å². The van der Waals surface area contributed by atoms with E-state index < -0.39 is 8.32 Å². The first-order chi connectivity index (χ1) is 12.9. The highest BCUT2D eigenvalue weighted by Crippen LogP contribution is 2.45. The van der Waals surface area contributed by atoms with Crippen molar-refractivity contribution < 1.29 is 18.5 Å². The Labute approximate surface area is 169 Å². The van der Waals surface area contributed by atoms with Gasteiger partial charge in [-0.05, 0) is 44.8 Å². The van der Waals surface area contributed by atoms with E-state index in [1.165, 1.54) is 0 Å². The third kappa shape index (κ3) is 3.46. The summed E-state index contributed by atoms with van der Waals surface area (Å²) in [7, 11) is -1.93. The Kier molecular flexibility index (Phi) is 5.58. The summed E-state index contributed by atoms with van der Waals surface area (Å²) in [6.07, 6.45) is 2.35. The molecular weight excluding hydrogens is 372 g/mol. The van der Waals surface area contributed by atoms with Crippen LogP contribution in [-0.2, 0) is 9.16 Å². The van der Waals surface area contributed by atoms with E-state index in [0.717, 1.165) is 6.42 Å². The number of ether oxygens (including phenoxy) is 2. The molecule has 7 heteroatoms. The summed E-state index contributed by atoms with van der Waals surface area (Å²) in [6, 6.07) is 0.632. The van der Waals surface area contributed by atoms with E-state index in [0.29, 0.717) is 24.1 Å². The quantitative estimate of drug-likeness (QED) is 0.531. The maximum absolute atomic E-state index is 12.6. The van der Waals surface area contributed by atoms with Gasteiger partial charge in [0.15, 0.2) is 8.32 Å². The van der Waals surface area contributed by atoms with Crippen LogP contribution in [-0.4, -0.2) is 31.7 Å². The predicted octanol–water partition coefficient (Wildman–Crippen LogP) is 3.73. The van der Waals surface area contributed by atoms with Crippen LogP contribution in [0.1, 0.15) is 65.8 Å². The molecule has 0 radical (unpaired) electrons. The highest BCUT2D eigenvalue weighted by molar-refractivity contribution is 6.74. The van der Waals surface area contributed by atoms with E-state index in [4.69, 9.17) is 13.9 Å². The second kappa shape index (κ2) is 7.25. The number of nitrogens with zero attached hydrogens (tertiary/aromatic N) is 2. The van der Waals surface area contributed by atoms with Crippen LogP contribution in [0.3, 0.4) is 0 Å². The minimum Gasteiger partial charge on any atom is -0.424 e. The van der Waals surface area contributed by atoms with Gasteiger partial charge in [-0.2, -0.15) is 9.13 Å². The molecule has 6 nitrogen and oxygen atoms in total.